The first kappa shape index (κ1) is 19.6. The molecule has 0 aliphatic carbocycles. The maximum absolute atomic E-state index is 11.5. The fourth-order valence-electron chi connectivity index (χ4n) is 2.48. The predicted molar refractivity (Wildman–Crippen MR) is 109 cm³/mol. The average Bonchev–Trinajstić information content (AvgIpc) is 2.76. The van der Waals surface area contributed by atoms with Gasteiger partial charge in [0.2, 0.25) is 0 Å². The zero-order valence-electron chi connectivity index (χ0n) is 15.8. The van der Waals surface area contributed by atoms with Gasteiger partial charge in [-0.1, -0.05) is 0 Å². The van der Waals surface area contributed by atoms with Crippen LogP contribution in [0.1, 0.15) is 20.7 Å². The Morgan fingerprint density at radius 2 is 1.14 bits per heavy atom. The van der Waals surface area contributed by atoms with Crippen LogP contribution in [0.3, 0.4) is 0 Å². The van der Waals surface area contributed by atoms with Gasteiger partial charge < -0.3 is 25.8 Å². The number of nitrogens with zero attached hydrogens (tertiary/aromatic N) is 2. The summed E-state index contributed by atoms with van der Waals surface area (Å²) in [6, 6.07) is 13.4. The highest BCUT2D eigenvalue weighted by Gasteiger charge is 2.11. The van der Waals surface area contributed by atoms with Gasteiger partial charge in [-0.15, -0.1) is 0 Å². The van der Waals surface area contributed by atoms with Crippen LogP contribution in [0.25, 0.3) is 0 Å². The molecule has 1 aromatic heterocycles. The Bertz CT molecular complexity index is 940. The molecule has 29 heavy (non-hydrogen) atoms. The van der Waals surface area contributed by atoms with Gasteiger partial charge in [0.1, 0.15) is 12.0 Å². The van der Waals surface area contributed by atoms with Crippen LogP contribution in [0.4, 0.5) is 28.7 Å². The van der Waals surface area contributed by atoms with Crippen molar-refractivity contribution in [3.8, 4) is 0 Å². The molecule has 0 radical (unpaired) electrons. The number of nitrogens with two attached hydrogens (primary N) is 1. The highest BCUT2D eigenvalue weighted by atomic mass is 16.5. The van der Waals surface area contributed by atoms with E-state index in [2.05, 4.69) is 30.1 Å². The first-order chi connectivity index (χ1) is 14.0. The zero-order valence-corrected chi connectivity index (χ0v) is 15.8. The number of aromatic nitrogens is 2. The summed E-state index contributed by atoms with van der Waals surface area (Å²) in [5.74, 6) is -0.0235. The Morgan fingerprint density at radius 1 is 0.759 bits per heavy atom. The molecule has 0 saturated carbocycles. The molecule has 1 heterocycles. The lowest BCUT2D eigenvalue weighted by molar-refractivity contribution is 0.0592. The molecule has 0 amide bonds. The number of carbonyl (C=O) groups excluding carboxylic acids is 2. The first-order valence-corrected chi connectivity index (χ1v) is 8.53. The van der Waals surface area contributed by atoms with E-state index in [9.17, 15) is 9.59 Å². The maximum Gasteiger partial charge on any atom is 0.337 e. The van der Waals surface area contributed by atoms with Crippen LogP contribution in [0, 0.1) is 0 Å². The topological polar surface area (TPSA) is 128 Å². The smallest absolute Gasteiger partial charge is 0.337 e. The number of hydrogen-bond acceptors (Lipinski definition) is 9. The van der Waals surface area contributed by atoms with E-state index >= 15 is 0 Å². The average molecular weight is 393 g/mol. The minimum Gasteiger partial charge on any atom is -0.465 e. The van der Waals surface area contributed by atoms with Crippen molar-refractivity contribution in [1.29, 1.82) is 0 Å². The van der Waals surface area contributed by atoms with E-state index < -0.39 is 11.9 Å². The zero-order chi connectivity index (χ0) is 20.8. The van der Waals surface area contributed by atoms with Gasteiger partial charge >= 0.3 is 11.9 Å². The molecule has 4 N–H and O–H groups in total. The molecular weight excluding hydrogens is 374 g/mol. The number of rotatable bonds is 6. The summed E-state index contributed by atoms with van der Waals surface area (Å²) in [5, 5.41) is 6.17. The SMILES string of the molecule is COC(=O)c1ccc(Nc2ncnc(Nc3ccc(C(=O)OC)cc3)c2N)cc1. The third kappa shape index (κ3) is 4.59. The second-order valence-corrected chi connectivity index (χ2v) is 5.87. The number of hydrogen-bond donors (Lipinski definition) is 3. The van der Waals surface area contributed by atoms with Crippen molar-refractivity contribution in [2.75, 3.05) is 30.6 Å². The highest BCUT2D eigenvalue weighted by molar-refractivity contribution is 5.90. The molecular formula is C20H19N5O4. The van der Waals surface area contributed by atoms with Crippen LogP contribution < -0.4 is 16.4 Å². The summed E-state index contributed by atoms with van der Waals surface area (Å²) < 4.78 is 9.36. The summed E-state index contributed by atoms with van der Waals surface area (Å²) in [7, 11) is 2.65. The van der Waals surface area contributed by atoms with Crippen molar-refractivity contribution < 1.29 is 19.1 Å². The molecule has 2 aromatic carbocycles. The van der Waals surface area contributed by atoms with E-state index in [4.69, 9.17) is 5.73 Å². The molecule has 3 rings (SSSR count). The Labute approximate surface area is 166 Å². The lowest BCUT2D eigenvalue weighted by Gasteiger charge is -2.13. The van der Waals surface area contributed by atoms with E-state index in [0.717, 1.165) is 0 Å². The van der Waals surface area contributed by atoms with Crippen LogP contribution in [-0.2, 0) is 9.47 Å². The Morgan fingerprint density at radius 3 is 1.48 bits per heavy atom. The van der Waals surface area contributed by atoms with Crippen molar-refractivity contribution in [1.82, 2.24) is 9.97 Å². The van der Waals surface area contributed by atoms with Gasteiger partial charge in [0, 0.05) is 11.4 Å². The van der Waals surface area contributed by atoms with Crippen LogP contribution in [-0.4, -0.2) is 36.1 Å². The summed E-state index contributed by atoms with van der Waals surface area (Å²) >= 11 is 0. The van der Waals surface area contributed by atoms with E-state index in [1.54, 1.807) is 48.5 Å². The Hall–Kier alpha value is -4.14. The molecule has 9 nitrogen and oxygen atoms in total. The fraction of sp³-hybridized carbons (Fsp3) is 0.100. The van der Waals surface area contributed by atoms with Crippen LogP contribution >= 0.6 is 0 Å². The van der Waals surface area contributed by atoms with Crippen LogP contribution in [0.2, 0.25) is 0 Å². The molecule has 0 saturated heterocycles. The number of benzene rings is 2. The summed E-state index contributed by atoms with van der Waals surface area (Å²) in [5.41, 5.74) is 8.74. The Kier molecular flexibility index (Phi) is 5.88. The summed E-state index contributed by atoms with van der Waals surface area (Å²) in [4.78, 5) is 31.3. The van der Waals surface area contributed by atoms with E-state index in [0.29, 0.717) is 39.8 Å². The number of nitrogens with one attached hydrogen (secondary N) is 2. The Balaban J connectivity index is 1.75. The number of ether oxygens (including phenoxy) is 2. The van der Waals surface area contributed by atoms with Gasteiger partial charge in [-0.25, -0.2) is 19.6 Å². The number of carbonyl (C=O) groups is 2. The molecule has 0 fully saturated rings. The van der Waals surface area contributed by atoms with E-state index in [1.807, 2.05) is 0 Å². The first-order valence-electron chi connectivity index (χ1n) is 8.53. The van der Waals surface area contributed by atoms with Crippen molar-refractivity contribution in [3.05, 3.63) is 66.0 Å². The van der Waals surface area contributed by atoms with Crippen molar-refractivity contribution in [3.63, 3.8) is 0 Å². The minimum atomic E-state index is -0.414. The normalized spacial score (nSPS) is 10.1. The molecule has 9 heteroatoms. The van der Waals surface area contributed by atoms with Gasteiger partial charge in [0.15, 0.2) is 11.6 Å². The third-order valence-corrected chi connectivity index (χ3v) is 4.02. The minimum absolute atomic E-state index is 0.307. The van der Waals surface area contributed by atoms with E-state index in [1.165, 1.54) is 20.5 Å². The lowest BCUT2D eigenvalue weighted by atomic mass is 10.2. The quantitative estimate of drug-likeness (QED) is 0.541. The number of anilines is 5. The van der Waals surface area contributed by atoms with Crippen LogP contribution in [0.15, 0.2) is 54.9 Å². The molecule has 0 aliphatic heterocycles. The molecule has 0 unspecified atom stereocenters. The number of methoxy groups -OCH3 is 2. The molecule has 148 valence electrons. The van der Waals surface area contributed by atoms with Gasteiger partial charge in [-0.05, 0) is 48.5 Å². The van der Waals surface area contributed by atoms with Crippen molar-refractivity contribution >= 4 is 40.6 Å². The standard InChI is InChI=1S/C20H19N5O4/c1-28-19(26)12-3-7-14(8-4-12)24-17-16(21)18(23-11-22-17)25-15-9-5-13(6-10-15)20(27)29-2/h3-11H,21H2,1-2H3,(H2,22,23,24,25). The molecule has 0 aliphatic rings. The van der Waals surface area contributed by atoms with Gasteiger partial charge in [0.05, 0.1) is 25.3 Å². The molecule has 0 atom stereocenters. The maximum atomic E-state index is 11.5. The number of esters is 2. The largest absolute Gasteiger partial charge is 0.465 e. The lowest BCUT2D eigenvalue weighted by Crippen LogP contribution is -2.06. The molecule has 0 bridgehead atoms. The second kappa shape index (κ2) is 8.70. The van der Waals surface area contributed by atoms with Crippen molar-refractivity contribution in [2.45, 2.75) is 0 Å². The second-order valence-electron chi connectivity index (χ2n) is 5.87. The summed E-state index contributed by atoms with van der Waals surface area (Å²) in [6.45, 7) is 0. The van der Waals surface area contributed by atoms with Gasteiger partial charge in [-0.2, -0.15) is 0 Å². The fourth-order valence-corrected chi connectivity index (χ4v) is 2.48. The summed E-state index contributed by atoms with van der Waals surface area (Å²) in [6.07, 6.45) is 1.37. The molecule has 3 aromatic rings. The predicted octanol–water partition coefficient (Wildman–Crippen LogP) is 3.12. The van der Waals surface area contributed by atoms with Gasteiger partial charge in [-0.3, -0.25) is 0 Å². The van der Waals surface area contributed by atoms with E-state index in [-0.39, 0.29) is 0 Å². The highest BCUT2D eigenvalue weighted by Crippen LogP contribution is 2.28. The van der Waals surface area contributed by atoms with Crippen LogP contribution in [0.5, 0.6) is 0 Å². The monoisotopic (exact) mass is 393 g/mol. The van der Waals surface area contributed by atoms with Crippen molar-refractivity contribution in [2.24, 2.45) is 0 Å². The third-order valence-electron chi connectivity index (χ3n) is 4.02. The molecule has 0 spiro atoms. The van der Waals surface area contributed by atoms with Gasteiger partial charge in [0.25, 0.3) is 0 Å². The number of nitrogen functional groups attached to an aromatic ring is 1.